The van der Waals surface area contributed by atoms with E-state index >= 15 is 0 Å². The molecule has 0 spiro atoms. The molecule has 11 nitrogen and oxygen atoms in total. The summed E-state index contributed by atoms with van der Waals surface area (Å²) < 4.78 is 31.7. The molecular weight excluding hydrogens is 604 g/mol. The van der Waals surface area contributed by atoms with Gasteiger partial charge in [-0.3, -0.25) is 19.2 Å². The Morgan fingerprint density at radius 3 is 2.59 bits per heavy atom. The molecule has 0 bridgehead atoms. The summed E-state index contributed by atoms with van der Waals surface area (Å²) >= 11 is 1.25. The van der Waals surface area contributed by atoms with Gasteiger partial charge in [-0.1, -0.05) is 44.2 Å². The van der Waals surface area contributed by atoms with E-state index in [-0.39, 0.29) is 28.3 Å². The Hall–Kier alpha value is -4.20. The number of thiazole rings is 1. The average Bonchev–Trinajstić information content (AvgIpc) is 3.60. The molecule has 2 aliphatic rings. The molecule has 2 aromatic carbocycles. The fourth-order valence-electron chi connectivity index (χ4n) is 5.74. The topological polar surface area (TPSA) is 162 Å². The molecule has 4 heterocycles. The molecule has 13 heteroatoms. The lowest BCUT2D eigenvalue weighted by Crippen LogP contribution is -2.37. The Morgan fingerprint density at radius 1 is 1.18 bits per heavy atom. The highest BCUT2D eigenvalue weighted by molar-refractivity contribution is 7.89. The van der Waals surface area contributed by atoms with Gasteiger partial charge in [-0.05, 0) is 49.4 Å². The number of para-hydroxylation sites is 1. The van der Waals surface area contributed by atoms with Crippen molar-refractivity contribution in [3.05, 3.63) is 81.6 Å². The number of H-pyrrole nitrogens is 1. The van der Waals surface area contributed by atoms with Crippen molar-refractivity contribution >= 4 is 55.0 Å². The number of benzene rings is 2. The number of anilines is 1. The minimum Gasteiger partial charge on any atom is -0.505 e. The second-order valence-corrected chi connectivity index (χ2v) is 13.8. The molecule has 1 amide bonds. The summed E-state index contributed by atoms with van der Waals surface area (Å²) in [6.45, 7) is 6.54. The van der Waals surface area contributed by atoms with Gasteiger partial charge in [0.05, 0.1) is 23.6 Å². The minimum atomic E-state index is -3.90. The van der Waals surface area contributed by atoms with Crippen LogP contribution in [0.25, 0.3) is 16.7 Å². The van der Waals surface area contributed by atoms with Gasteiger partial charge in [0.2, 0.25) is 0 Å². The van der Waals surface area contributed by atoms with Crippen LogP contribution in [-0.4, -0.2) is 58.4 Å². The number of ether oxygens (including phenoxy) is 1. The number of fused-ring (bicyclic) bond motifs is 4. The number of aliphatic carboxylic acids is 1. The van der Waals surface area contributed by atoms with Crippen LogP contribution in [0.4, 0.5) is 5.13 Å². The normalized spacial score (nSPS) is 18.7. The maximum Gasteiger partial charge on any atom is 0.306 e. The summed E-state index contributed by atoms with van der Waals surface area (Å²) in [7, 11) is -2.67. The number of nitrogens with zero attached hydrogens (tertiary/aromatic N) is 2. The molecule has 1 atom stereocenters. The zero-order valence-electron chi connectivity index (χ0n) is 24.8. The van der Waals surface area contributed by atoms with E-state index in [4.69, 9.17) is 4.74 Å². The van der Waals surface area contributed by atoms with Gasteiger partial charge >= 0.3 is 5.97 Å². The van der Waals surface area contributed by atoms with Gasteiger partial charge in [-0.15, -0.1) is 11.3 Å². The van der Waals surface area contributed by atoms with Crippen LogP contribution in [0.3, 0.4) is 0 Å². The number of hydrogen-bond acceptors (Lipinski definition) is 8. The number of rotatable bonds is 6. The molecule has 6 rings (SSSR count). The molecule has 0 saturated carbocycles. The lowest BCUT2D eigenvalue weighted by molar-refractivity contribution is -0.148. The van der Waals surface area contributed by atoms with E-state index in [0.717, 1.165) is 33.2 Å². The standard InChI is InChI=1S/C17H21NO3.C14H13N3O4S2/c1-3-11-6-5-7-12-13-8-9-21-17(4-2,10-14(19)20)16(13)18-15(11)12;1-8-7-15-14(22-8)16-13(19)11-12(18)9-5-3-4-6-10(9)23(20,21)17(11)2/h5-7,18H,3-4,8-10H2,1-2H3,(H,19,20);3-7,18H,1-2H3,(H,15,16,19). The molecule has 0 saturated heterocycles. The van der Waals surface area contributed by atoms with Crippen molar-refractivity contribution in [1.29, 1.82) is 0 Å². The van der Waals surface area contributed by atoms with Crippen LogP contribution in [0.2, 0.25) is 0 Å². The van der Waals surface area contributed by atoms with Crippen molar-refractivity contribution in [2.24, 2.45) is 0 Å². The summed E-state index contributed by atoms with van der Waals surface area (Å²) in [6.07, 6.45) is 4.04. The summed E-state index contributed by atoms with van der Waals surface area (Å²) in [6, 6.07) is 12.3. The number of likely N-dealkylation sites (N-methyl/N-ethyl adjacent to an activating group) is 1. The first-order valence-electron chi connectivity index (χ1n) is 14.2. The number of aliphatic hydroxyl groups excluding tert-OH is 1. The molecule has 2 aromatic heterocycles. The number of sulfonamides is 1. The van der Waals surface area contributed by atoms with Gasteiger partial charge < -0.3 is 19.9 Å². The minimum absolute atomic E-state index is 0.00474. The van der Waals surface area contributed by atoms with Crippen molar-refractivity contribution in [3.63, 3.8) is 0 Å². The Balaban J connectivity index is 0.000000175. The van der Waals surface area contributed by atoms with Gasteiger partial charge in [0.1, 0.15) is 5.60 Å². The quantitative estimate of drug-likeness (QED) is 0.220. The first-order valence-corrected chi connectivity index (χ1v) is 16.4. The number of carbonyl (C=O) groups excluding carboxylic acids is 1. The first-order chi connectivity index (χ1) is 20.9. The number of carboxylic acids is 1. The van der Waals surface area contributed by atoms with Crippen molar-refractivity contribution in [2.45, 2.75) is 57.0 Å². The van der Waals surface area contributed by atoms with Gasteiger partial charge in [0, 0.05) is 34.6 Å². The number of aryl methyl sites for hydroxylation is 2. The lowest BCUT2D eigenvalue weighted by Gasteiger charge is -2.35. The Kier molecular flexibility index (Phi) is 8.56. The summed E-state index contributed by atoms with van der Waals surface area (Å²) in [5, 5.41) is 23.7. The Bertz CT molecular complexity index is 1890. The van der Waals surface area contributed by atoms with E-state index in [0.29, 0.717) is 18.2 Å². The van der Waals surface area contributed by atoms with Crippen molar-refractivity contribution in [1.82, 2.24) is 14.3 Å². The predicted molar refractivity (Wildman–Crippen MR) is 168 cm³/mol. The fraction of sp³-hybridized carbons (Fsp3) is 0.323. The number of aliphatic hydroxyl groups is 1. The zero-order chi connectivity index (χ0) is 31.8. The Morgan fingerprint density at radius 2 is 1.93 bits per heavy atom. The molecule has 1 unspecified atom stereocenters. The molecule has 0 fully saturated rings. The van der Waals surface area contributed by atoms with Gasteiger partial charge in [0.25, 0.3) is 15.9 Å². The SMILES string of the molecule is CCc1cccc2c3c([nH]c12)C(CC)(CC(=O)O)OCC3.Cc1cnc(NC(=O)C2=C(O)c3ccccc3S(=O)(=O)N2C)s1. The third-order valence-electron chi connectivity index (χ3n) is 7.98. The van der Waals surface area contributed by atoms with Crippen LogP contribution >= 0.6 is 11.3 Å². The lowest BCUT2D eigenvalue weighted by atomic mass is 9.86. The predicted octanol–water partition coefficient (Wildman–Crippen LogP) is 5.33. The molecule has 0 radical (unpaired) electrons. The molecule has 4 N–H and O–H groups in total. The summed E-state index contributed by atoms with van der Waals surface area (Å²) in [5.41, 5.74) is 3.65. The van der Waals surface area contributed by atoms with E-state index in [1.54, 1.807) is 18.3 Å². The van der Waals surface area contributed by atoms with Crippen molar-refractivity contribution in [2.75, 3.05) is 19.0 Å². The number of hydrogen-bond donors (Lipinski definition) is 4. The highest BCUT2D eigenvalue weighted by atomic mass is 32.2. The third kappa shape index (κ3) is 5.46. The van der Waals surface area contributed by atoms with Crippen LogP contribution in [0.15, 0.2) is 59.3 Å². The number of nitrogens with one attached hydrogen (secondary N) is 2. The van der Waals surface area contributed by atoms with Crippen LogP contribution in [0.1, 0.15) is 54.0 Å². The van der Waals surface area contributed by atoms with E-state index < -0.39 is 27.5 Å². The van der Waals surface area contributed by atoms with Gasteiger partial charge in [-0.2, -0.15) is 0 Å². The van der Waals surface area contributed by atoms with E-state index in [1.807, 2.05) is 13.8 Å². The molecular formula is C31H34N4O7S2. The molecule has 2 aliphatic heterocycles. The summed E-state index contributed by atoms with van der Waals surface area (Å²) in [5.74, 6) is -1.94. The zero-order valence-corrected chi connectivity index (χ0v) is 26.4. The first kappa shape index (κ1) is 31.2. The monoisotopic (exact) mass is 638 g/mol. The number of carbonyl (C=O) groups is 2. The van der Waals surface area contributed by atoms with Gasteiger partial charge in [0.15, 0.2) is 16.6 Å². The second kappa shape index (κ2) is 12.1. The van der Waals surface area contributed by atoms with Crippen molar-refractivity contribution in [3.8, 4) is 0 Å². The highest BCUT2D eigenvalue weighted by Gasteiger charge is 2.41. The highest BCUT2D eigenvalue weighted by Crippen LogP contribution is 2.42. The van der Waals surface area contributed by atoms with E-state index in [9.17, 15) is 28.2 Å². The maximum atomic E-state index is 12.5. The van der Waals surface area contributed by atoms with Crippen LogP contribution in [0, 0.1) is 6.92 Å². The molecule has 4 aromatic rings. The fourth-order valence-corrected chi connectivity index (χ4v) is 7.79. The number of aromatic nitrogens is 2. The Labute approximate surface area is 259 Å². The third-order valence-corrected chi connectivity index (χ3v) is 10.6. The largest absolute Gasteiger partial charge is 0.505 e. The number of amides is 1. The second-order valence-electron chi connectivity index (χ2n) is 10.6. The van der Waals surface area contributed by atoms with Gasteiger partial charge in [-0.25, -0.2) is 13.4 Å². The number of aromatic amines is 1. The smallest absolute Gasteiger partial charge is 0.306 e. The van der Waals surface area contributed by atoms with E-state index in [2.05, 4.69) is 40.4 Å². The van der Waals surface area contributed by atoms with Crippen molar-refractivity contribution < 1.29 is 33.0 Å². The molecule has 0 aliphatic carbocycles. The van der Waals surface area contributed by atoms with E-state index in [1.165, 1.54) is 47.0 Å². The van der Waals surface area contributed by atoms with Crippen LogP contribution in [-0.2, 0) is 42.8 Å². The van der Waals surface area contributed by atoms with Crippen LogP contribution < -0.4 is 5.32 Å². The molecule has 44 heavy (non-hydrogen) atoms. The maximum absolute atomic E-state index is 12.5. The summed E-state index contributed by atoms with van der Waals surface area (Å²) in [4.78, 5) is 32.1. The average molecular weight is 639 g/mol. The van der Waals surface area contributed by atoms with Crippen LogP contribution in [0.5, 0.6) is 0 Å². The molecule has 232 valence electrons. The number of carboxylic acid groups (broad SMARTS) is 1.